The molecule has 0 spiro atoms. The van der Waals surface area contributed by atoms with E-state index >= 15 is 0 Å². The second kappa shape index (κ2) is 7.55. The summed E-state index contributed by atoms with van der Waals surface area (Å²) in [6.45, 7) is 0. The first kappa shape index (κ1) is 18.5. The van der Waals surface area contributed by atoms with Crippen LogP contribution in [0, 0.1) is 0 Å². The third-order valence-electron chi connectivity index (χ3n) is 3.87. The van der Waals surface area contributed by atoms with Crippen molar-refractivity contribution in [3.63, 3.8) is 0 Å². The number of aromatic nitrogens is 2. The van der Waals surface area contributed by atoms with Crippen molar-refractivity contribution in [1.29, 1.82) is 0 Å². The Morgan fingerprint density at radius 3 is 2.26 bits per heavy atom. The van der Waals surface area contributed by atoms with E-state index in [1.54, 1.807) is 51.8 Å². The first-order chi connectivity index (χ1) is 13.0. The number of nitrogens with zero attached hydrogens (tertiary/aromatic N) is 3. The number of benzene rings is 2. The molecule has 140 valence electrons. The summed E-state index contributed by atoms with van der Waals surface area (Å²) >= 11 is 6.45. The fourth-order valence-corrected chi connectivity index (χ4v) is 2.94. The van der Waals surface area contributed by atoms with Crippen molar-refractivity contribution >= 4 is 46.2 Å². The second-order valence-corrected chi connectivity index (χ2v) is 5.85. The van der Waals surface area contributed by atoms with Gasteiger partial charge in [-0.3, -0.25) is 4.99 Å². The van der Waals surface area contributed by atoms with Crippen LogP contribution in [-0.2, 0) is 0 Å². The lowest BCUT2D eigenvalue weighted by molar-refractivity contribution is 0.324. The number of rotatable bonds is 5. The van der Waals surface area contributed by atoms with Crippen molar-refractivity contribution in [2.45, 2.75) is 0 Å². The van der Waals surface area contributed by atoms with Gasteiger partial charge in [0.1, 0.15) is 5.82 Å². The molecule has 2 aromatic carbocycles. The summed E-state index contributed by atoms with van der Waals surface area (Å²) in [4.78, 5) is 12.5. The Kier molecular flexibility index (Phi) is 5.18. The number of methoxy groups -OCH3 is 3. The predicted molar refractivity (Wildman–Crippen MR) is 107 cm³/mol. The van der Waals surface area contributed by atoms with Gasteiger partial charge in [-0.1, -0.05) is 11.6 Å². The normalized spacial score (nSPS) is 11.1. The standard InChI is InChI=1S/C18H18ClN5O3/c1-25-12-6-9(7-13(26-2)16(12)27-3)8-22-11-5-4-10-14(15(11)19)17(20)24-18(21)23-10/h4-8H,1-3H3,(H4,20,21,23,24). The molecule has 0 bridgehead atoms. The lowest BCUT2D eigenvalue weighted by atomic mass is 10.2. The maximum Gasteiger partial charge on any atom is 0.222 e. The first-order valence-electron chi connectivity index (χ1n) is 7.83. The molecule has 0 radical (unpaired) electrons. The topological polar surface area (TPSA) is 118 Å². The monoisotopic (exact) mass is 387 g/mol. The summed E-state index contributed by atoms with van der Waals surface area (Å²) in [6, 6.07) is 7.01. The van der Waals surface area contributed by atoms with E-state index in [9.17, 15) is 0 Å². The molecule has 0 unspecified atom stereocenters. The fourth-order valence-electron chi connectivity index (χ4n) is 2.64. The summed E-state index contributed by atoms with van der Waals surface area (Å²) in [5.74, 6) is 1.84. The molecule has 0 aliphatic carbocycles. The number of nitrogens with two attached hydrogens (primary N) is 2. The lowest BCUT2D eigenvalue weighted by Crippen LogP contribution is -2.00. The Bertz CT molecular complexity index is 1010. The van der Waals surface area contributed by atoms with Crippen LogP contribution in [0.25, 0.3) is 10.9 Å². The number of hydrogen-bond acceptors (Lipinski definition) is 8. The van der Waals surface area contributed by atoms with Crippen LogP contribution < -0.4 is 25.7 Å². The summed E-state index contributed by atoms with van der Waals surface area (Å²) in [5, 5.41) is 0.846. The molecule has 0 atom stereocenters. The van der Waals surface area contributed by atoms with E-state index in [0.717, 1.165) is 5.56 Å². The SMILES string of the molecule is COc1cc(C=Nc2ccc3nc(N)nc(N)c3c2Cl)cc(OC)c1OC. The number of halogens is 1. The van der Waals surface area contributed by atoms with Gasteiger partial charge in [-0.25, -0.2) is 4.98 Å². The highest BCUT2D eigenvalue weighted by Crippen LogP contribution is 2.38. The molecule has 9 heteroatoms. The van der Waals surface area contributed by atoms with E-state index in [1.807, 2.05) is 0 Å². The third kappa shape index (κ3) is 3.52. The number of fused-ring (bicyclic) bond motifs is 1. The highest BCUT2D eigenvalue weighted by atomic mass is 35.5. The van der Waals surface area contributed by atoms with Crippen molar-refractivity contribution in [2.75, 3.05) is 32.8 Å². The molecular weight excluding hydrogens is 370 g/mol. The van der Waals surface area contributed by atoms with E-state index in [4.69, 9.17) is 37.3 Å². The van der Waals surface area contributed by atoms with Crippen LogP contribution in [0.2, 0.25) is 5.02 Å². The zero-order chi connectivity index (χ0) is 19.6. The second-order valence-electron chi connectivity index (χ2n) is 5.48. The molecule has 0 aliphatic rings. The molecule has 0 amide bonds. The summed E-state index contributed by atoms with van der Waals surface area (Å²) in [7, 11) is 4.64. The maximum absolute atomic E-state index is 6.45. The van der Waals surface area contributed by atoms with Crippen LogP contribution in [0.1, 0.15) is 5.56 Å². The number of nitrogen functional groups attached to an aromatic ring is 2. The van der Waals surface area contributed by atoms with Gasteiger partial charge < -0.3 is 25.7 Å². The van der Waals surface area contributed by atoms with Crippen LogP contribution in [0.4, 0.5) is 17.5 Å². The molecule has 4 N–H and O–H groups in total. The van der Waals surface area contributed by atoms with E-state index < -0.39 is 0 Å². The fraction of sp³-hybridized carbons (Fsp3) is 0.167. The molecular formula is C18H18ClN5O3. The zero-order valence-corrected chi connectivity index (χ0v) is 15.7. The van der Waals surface area contributed by atoms with Crippen molar-refractivity contribution in [3.8, 4) is 17.2 Å². The Morgan fingerprint density at radius 2 is 1.67 bits per heavy atom. The third-order valence-corrected chi connectivity index (χ3v) is 4.25. The Labute approximate surface area is 160 Å². The smallest absolute Gasteiger partial charge is 0.222 e. The number of anilines is 2. The molecule has 0 saturated heterocycles. The van der Waals surface area contributed by atoms with Crippen molar-refractivity contribution in [3.05, 3.63) is 34.9 Å². The average molecular weight is 388 g/mol. The summed E-state index contributed by atoms with van der Waals surface area (Å²) in [6.07, 6.45) is 1.63. The van der Waals surface area contributed by atoms with Crippen LogP contribution >= 0.6 is 11.6 Å². The van der Waals surface area contributed by atoms with Gasteiger partial charge in [-0.05, 0) is 24.3 Å². The van der Waals surface area contributed by atoms with Gasteiger partial charge in [-0.15, -0.1) is 0 Å². The summed E-state index contributed by atoms with van der Waals surface area (Å²) in [5.41, 5.74) is 13.3. The highest BCUT2D eigenvalue weighted by Gasteiger charge is 2.13. The van der Waals surface area contributed by atoms with Crippen molar-refractivity contribution in [2.24, 2.45) is 4.99 Å². The average Bonchev–Trinajstić information content (AvgIpc) is 2.65. The molecule has 0 saturated carbocycles. The Morgan fingerprint density at radius 1 is 1.00 bits per heavy atom. The predicted octanol–water partition coefficient (Wildman–Crippen LogP) is 3.22. The minimum absolute atomic E-state index is 0.0877. The lowest BCUT2D eigenvalue weighted by Gasteiger charge is -2.12. The quantitative estimate of drug-likeness (QED) is 0.645. The molecule has 3 rings (SSSR count). The zero-order valence-electron chi connectivity index (χ0n) is 15.0. The molecule has 1 heterocycles. The van der Waals surface area contributed by atoms with Crippen molar-refractivity contribution in [1.82, 2.24) is 9.97 Å². The van der Waals surface area contributed by atoms with E-state index in [2.05, 4.69) is 15.0 Å². The number of ether oxygens (including phenoxy) is 3. The first-order valence-corrected chi connectivity index (χ1v) is 8.21. The van der Waals surface area contributed by atoms with E-state index in [-0.39, 0.29) is 11.8 Å². The Hall–Kier alpha value is -3.26. The maximum atomic E-state index is 6.45. The van der Waals surface area contributed by atoms with Gasteiger partial charge in [0.25, 0.3) is 0 Å². The largest absolute Gasteiger partial charge is 0.493 e. The van der Waals surface area contributed by atoms with Gasteiger partial charge in [-0.2, -0.15) is 4.98 Å². The van der Waals surface area contributed by atoms with Crippen LogP contribution in [0.5, 0.6) is 17.2 Å². The Balaban J connectivity index is 2.05. The van der Waals surface area contributed by atoms with Gasteiger partial charge in [0.15, 0.2) is 11.5 Å². The number of hydrogen-bond donors (Lipinski definition) is 2. The summed E-state index contributed by atoms with van der Waals surface area (Å²) < 4.78 is 16.0. The van der Waals surface area contributed by atoms with Gasteiger partial charge in [0.05, 0.1) is 42.9 Å². The molecule has 0 aliphatic heterocycles. The van der Waals surface area contributed by atoms with Gasteiger partial charge in [0, 0.05) is 11.8 Å². The minimum Gasteiger partial charge on any atom is -0.493 e. The van der Waals surface area contributed by atoms with Crippen molar-refractivity contribution < 1.29 is 14.2 Å². The molecule has 8 nitrogen and oxygen atoms in total. The minimum atomic E-state index is 0.0877. The van der Waals surface area contributed by atoms with Crippen LogP contribution in [0.15, 0.2) is 29.3 Å². The molecule has 3 aromatic rings. The highest BCUT2D eigenvalue weighted by molar-refractivity contribution is 6.38. The van der Waals surface area contributed by atoms with Crippen LogP contribution in [0.3, 0.4) is 0 Å². The van der Waals surface area contributed by atoms with E-state index in [0.29, 0.717) is 38.9 Å². The number of aliphatic imine (C=N–C) groups is 1. The molecule has 27 heavy (non-hydrogen) atoms. The van der Waals surface area contributed by atoms with Crippen LogP contribution in [-0.4, -0.2) is 37.5 Å². The molecule has 1 aromatic heterocycles. The van der Waals surface area contributed by atoms with E-state index in [1.165, 1.54) is 0 Å². The molecule has 0 fully saturated rings. The van der Waals surface area contributed by atoms with Gasteiger partial charge in [0.2, 0.25) is 11.7 Å². The van der Waals surface area contributed by atoms with Gasteiger partial charge >= 0.3 is 0 Å².